The fraction of sp³-hybridized carbons (Fsp3) is 0.263. The van der Waals surface area contributed by atoms with E-state index < -0.39 is 23.4 Å². The largest absolute Gasteiger partial charge is 0.443 e. The van der Waals surface area contributed by atoms with E-state index in [1.54, 1.807) is 0 Å². The third-order valence-electron chi connectivity index (χ3n) is 4.56. The summed E-state index contributed by atoms with van der Waals surface area (Å²) in [6, 6.07) is 2.68. The number of carbonyl (C=O) groups excluding carboxylic acids is 2. The van der Waals surface area contributed by atoms with Gasteiger partial charge in [-0.15, -0.1) is 0 Å². The van der Waals surface area contributed by atoms with Crippen molar-refractivity contribution < 1.29 is 22.8 Å². The number of aryl methyl sites for hydroxylation is 1. The van der Waals surface area contributed by atoms with E-state index in [2.05, 4.69) is 25.8 Å². The summed E-state index contributed by atoms with van der Waals surface area (Å²) in [6.45, 7) is 1.96. The van der Waals surface area contributed by atoms with Gasteiger partial charge in [0.05, 0.1) is 22.8 Å². The van der Waals surface area contributed by atoms with Gasteiger partial charge in [0, 0.05) is 12.0 Å². The Bertz CT molecular complexity index is 1140. The minimum absolute atomic E-state index is 0.0119. The SMILES string of the molecule is Cc1nc(C2CC2)oc1CNC(=O)c1cc(NC(=O)c2cc(F)c(F)cc2Cl)n[nH]1. The molecule has 11 heteroatoms. The molecule has 30 heavy (non-hydrogen) atoms. The molecule has 0 unspecified atom stereocenters. The van der Waals surface area contributed by atoms with Crippen molar-refractivity contribution in [3.8, 4) is 0 Å². The average Bonchev–Trinajstić information content (AvgIpc) is 3.34. The molecule has 0 bridgehead atoms. The lowest BCUT2D eigenvalue weighted by atomic mass is 10.2. The van der Waals surface area contributed by atoms with E-state index in [4.69, 9.17) is 16.0 Å². The molecule has 1 aliphatic carbocycles. The Labute approximate surface area is 174 Å². The molecule has 8 nitrogen and oxygen atoms in total. The number of rotatable bonds is 6. The number of aromatic amines is 1. The normalized spacial score (nSPS) is 13.3. The molecule has 1 aliphatic rings. The predicted molar refractivity (Wildman–Crippen MR) is 102 cm³/mol. The summed E-state index contributed by atoms with van der Waals surface area (Å²) in [4.78, 5) is 28.9. The number of benzene rings is 1. The fourth-order valence-electron chi connectivity index (χ4n) is 2.76. The first-order valence-electron chi connectivity index (χ1n) is 9.07. The average molecular weight is 436 g/mol. The van der Waals surface area contributed by atoms with E-state index in [1.165, 1.54) is 6.07 Å². The standard InChI is InChI=1S/C19H16ClF2N5O3/c1-8-15(30-19(24-8)9-2-3-9)7-23-18(29)14-6-16(27-26-14)25-17(28)10-4-12(21)13(22)5-11(10)20/h4-6,9H,2-3,7H2,1H3,(H,23,29)(H2,25,26,27,28). The van der Waals surface area contributed by atoms with Crippen molar-refractivity contribution in [2.24, 2.45) is 0 Å². The van der Waals surface area contributed by atoms with E-state index >= 15 is 0 Å². The minimum Gasteiger partial charge on any atom is -0.443 e. The summed E-state index contributed by atoms with van der Waals surface area (Å²) in [6.07, 6.45) is 2.12. The Balaban J connectivity index is 1.38. The van der Waals surface area contributed by atoms with Crippen molar-refractivity contribution in [2.45, 2.75) is 32.2 Å². The summed E-state index contributed by atoms with van der Waals surface area (Å²) in [7, 11) is 0. The van der Waals surface area contributed by atoms with E-state index in [9.17, 15) is 18.4 Å². The number of amides is 2. The van der Waals surface area contributed by atoms with E-state index in [0.717, 1.165) is 18.5 Å². The van der Waals surface area contributed by atoms with Crippen molar-refractivity contribution in [3.05, 3.63) is 63.5 Å². The molecule has 0 saturated heterocycles. The van der Waals surface area contributed by atoms with E-state index in [-0.39, 0.29) is 28.6 Å². The van der Waals surface area contributed by atoms with Gasteiger partial charge < -0.3 is 15.1 Å². The molecule has 0 aliphatic heterocycles. The van der Waals surface area contributed by atoms with Gasteiger partial charge in [0.15, 0.2) is 23.3 Å². The molecule has 0 radical (unpaired) electrons. The number of aromatic nitrogens is 3. The first kappa shape index (κ1) is 20.0. The quantitative estimate of drug-likeness (QED) is 0.511. The van der Waals surface area contributed by atoms with Crippen LogP contribution in [0.25, 0.3) is 0 Å². The lowest BCUT2D eigenvalue weighted by molar-refractivity contribution is 0.0942. The van der Waals surface area contributed by atoms with Crippen LogP contribution in [0.2, 0.25) is 5.02 Å². The molecule has 4 rings (SSSR count). The molecule has 3 aromatic rings. The Morgan fingerprint density at radius 3 is 2.70 bits per heavy atom. The van der Waals surface area contributed by atoms with Gasteiger partial charge in [0.25, 0.3) is 11.8 Å². The molecule has 156 valence electrons. The fourth-order valence-corrected chi connectivity index (χ4v) is 2.99. The number of oxazole rings is 1. The smallest absolute Gasteiger partial charge is 0.269 e. The molecule has 1 saturated carbocycles. The van der Waals surface area contributed by atoms with Crippen molar-refractivity contribution in [3.63, 3.8) is 0 Å². The highest BCUT2D eigenvalue weighted by Gasteiger charge is 2.29. The van der Waals surface area contributed by atoms with E-state index in [1.807, 2.05) is 6.92 Å². The highest BCUT2D eigenvalue weighted by atomic mass is 35.5. The zero-order valence-corrected chi connectivity index (χ0v) is 16.4. The number of carbonyl (C=O) groups is 2. The van der Waals surface area contributed by atoms with Crippen LogP contribution < -0.4 is 10.6 Å². The van der Waals surface area contributed by atoms with Gasteiger partial charge in [-0.1, -0.05) is 11.6 Å². The number of hydrogen-bond donors (Lipinski definition) is 3. The Hall–Kier alpha value is -3.27. The van der Waals surface area contributed by atoms with Crippen LogP contribution in [0.3, 0.4) is 0 Å². The Morgan fingerprint density at radius 1 is 1.23 bits per heavy atom. The number of hydrogen-bond acceptors (Lipinski definition) is 5. The third-order valence-corrected chi connectivity index (χ3v) is 4.88. The minimum atomic E-state index is -1.21. The Morgan fingerprint density at radius 2 is 1.97 bits per heavy atom. The molecule has 0 atom stereocenters. The van der Waals surface area contributed by atoms with Crippen LogP contribution in [0.1, 0.15) is 57.0 Å². The van der Waals surface area contributed by atoms with E-state index in [0.29, 0.717) is 29.7 Å². The highest BCUT2D eigenvalue weighted by molar-refractivity contribution is 6.34. The van der Waals surface area contributed by atoms with Crippen molar-refractivity contribution in [1.82, 2.24) is 20.5 Å². The number of nitrogens with one attached hydrogen (secondary N) is 3. The van der Waals surface area contributed by atoms with Gasteiger partial charge in [0.1, 0.15) is 11.5 Å². The van der Waals surface area contributed by atoms with Crippen LogP contribution in [0.4, 0.5) is 14.6 Å². The van der Waals surface area contributed by atoms with Crippen molar-refractivity contribution in [2.75, 3.05) is 5.32 Å². The predicted octanol–water partition coefficient (Wildman–Crippen LogP) is 3.70. The maximum Gasteiger partial charge on any atom is 0.269 e. The molecule has 1 aromatic carbocycles. The van der Waals surface area contributed by atoms with Gasteiger partial charge in [-0.3, -0.25) is 14.7 Å². The summed E-state index contributed by atoms with van der Waals surface area (Å²) in [5.74, 6) is -2.00. The summed E-state index contributed by atoms with van der Waals surface area (Å²) >= 11 is 5.78. The van der Waals surface area contributed by atoms with Gasteiger partial charge >= 0.3 is 0 Å². The second-order valence-electron chi connectivity index (χ2n) is 6.88. The molecule has 2 heterocycles. The molecular weight excluding hydrogens is 420 g/mol. The Kier molecular flexibility index (Phi) is 5.25. The van der Waals surface area contributed by atoms with Crippen molar-refractivity contribution >= 4 is 29.2 Å². The molecule has 0 spiro atoms. The first-order valence-corrected chi connectivity index (χ1v) is 9.45. The second-order valence-corrected chi connectivity index (χ2v) is 7.29. The molecule has 2 aromatic heterocycles. The van der Waals surface area contributed by atoms with Gasteiger partial charge in [-0.05, 0) is 31.9 Å². The molecular formula is C19H16ClF2N5O3. The summed E-state index contributed by atoms with van der Waals surface area (Å²) < 4.78 is 32.2. The van der Waals surface area contributed by atoms with Crippen molar-refractivity contribution in [1.29, 1.82) is 0 Å². The highest BCUT2D eigenvalue weighted by Crippen LogP contribution is 2.40. The zero-order valence-electron chi connectivity index (χ0n) is 15.7. The molecule has 2 amide bonds. The lowest BCUT2D eigenvalue weighted by Crippen LogP contribution is -2.23. The maximum absolute atomic E-state index is 13.4. The first-order chi connectivity index (χ1) is 14.3. The van der Waals surface area contributed by atoms with Crippen LogP contribution >= 0.6 is 11.6 Å². The van der Waals surface area contributed by atoms with Crippen LogP contribution in [0, 0.1) is 18.6 Å². The third kappa shape index (κ3) is 4.18. The van der Waals surface area contributed by atoms with Crippen LogP contribution in [0.15, 0.2) is 22.6 Å². The number of nitrogens with zero attached hydrogens (tertiary/aromatic N) is 2. The van der Waals surface area contributed by atoms with Crippen LogP contribution in [-0.4, -0.2) is 27.0 Å². The van der Waals surface area contributed by atoms with Gasteiger partial charge in [-0.25, -0.2) is 13.8 Å². The number of halogens is 3. The lowest BCUT2D eigenvalue weighted by Gasteiger charge is -2.05. The molecule has 3 N–H and O–H groups in total. The van der Waals surface area contributed by atoms with Gasteiger partial charge in [0.2, 0.25) is 0 Å². The summed E-state index contributed by atoms with van der Waals surface area (Å²) in [5.41, 5.74) is 0.538. The summed E-state index contributed by atoms with van der Waals surface area (Å²) in [5, 5.41) is 11.1. The van der Waals surface area contributed by atoms with Gasteiger partial charge in [-0.2, -0.15) is 5.10 Å². The zero-order chi connectivity index (χ0) is 21.4. The topological polar surface area (TPSA) is 113 Å². The van der Waals surface area contributed by atoms with Crippen LogP contribution in [-0.2, 0) is 6.54 Å². The second kappa shape index (κ2) is 7.86. The van der Waals surface area contributed by atoms with Crippen LogP contribution in [0.5, 0.6) is 0 Å². The maximum atomic E-state index is 13.4. The monoisotopic (exact) mass is 435 g/mol. The molecule has 1 fully saturated rings. The number of H-pyrrole nitrogens is 1. The number of anilines is 1.